The van der Waals surface area contributed by atoms with Crippen LogP contribution in [0.3, 0.4) is 0 Å². The molecule has 3 heterocycles. The van der Waals surface area contributed by atoms with Gasteiger partial charge in [-0.3, -0.25) is 9.97 Å². The molecule has 38 heavy (non-hydrogen) atoms. The number of anilines is 1. The summed E-state index contributed by atoms with van der Waals surface area (Å²) in [5, 5.41) is 14.9. The number of carbonyl (C=O) groups is 1. The number of carboxylic acids is 1. The van der Waals surface area contributed by atoms with Crippen LogP contribution in [-0.4, -0.2) is 39.8 Å². The Morgan fingerprint density at radius 3 is 2.63 bits per heavy atom. The van der Waals surface area contributed by atoms with E-state index < -0.39 is 17.7 Å². The second kappa shape index (κ2) is 10.2. The van der Waals surface area contributed by atoms with Crippen molar-refractivity contribution in [3.63, 3.8) is 0 Å². The van der Waals surface area contributed by atoms with E-state index in [1.54, 1.807) is 12.4 Å². The summed E-state index contributed by atoms with van der Waals surface area (Å²) in [4.78, 5) is 21.6. The molecule has 2 aromatic heterocycles. The van der Waals surface area contributed by atoms with E-state index >= 15 is 0 Å². The van der Waals surface area contributed by atoms with Gasteiger partial charge in [-0.05, 0) is 75.6 Å². The van der Waals surface area contributed by atoms with Crippen LogP contribution >= 0.6 is 11.6 Å². The van der Waals surface area contributed by atoms with Crippen LogP contribution < -0.4 is 10.1 Å². The molecule has 0 fully saturated rings. The van der Waals surface area contributed by atoms with Gasteiger partial charge < -0.3 is 19.9 Å². The fraction of sp³-hybridized carbons (Fsp3) is 0.300. The van der Waals surface area contributed by atoms with Gasteiger partial charge in [0, 0.05) is 46.7 Å². The van der Waals surface area contributed by atoms with Crippen molar-refractivity contribution in [1.82, 2.24) is 9.97 Å². The van der Waals surface area contributed by atoms with Crippen molar-refractivity contribution >= 4 is 34.2 Å². The molecule has 1 aliphatic heterocycles. The topological polar surface area (TPSA) is 93.6 Å². The number of fused-ring (bicyclic) bond motifs is 2. The molecule has 196 valence electrons. The van der Waals surface area contributed by atoms with Crippen LogP contribution in [0.4, 0.5) is 5.69 Å². The highest BCUT2D eigenvalue weighted by Crippen LogP contribution is 2.46. The zero-order valence-electron chi connectivity index (χ0n) is 21.8. The normalized spacial score (nSPS) is 13.9. The molecule has 7 nitrogen and oxygen atoms in total. The monoisotopic (exact) mass is 531 g/mol. The molecule has 5 rings (SSSR count). The first-order valence-corrected chi connectivity index (χ1v) is 12.9. The summed E-state index contributed by atoms with van der Waals surface area (Å²) >= 11 is 6.98. The van der Waals surface area contributed by atoms with Crippen molar-refractivity contribution in [2.45, 2.75) is 45.8 Å². The summed E-state index contributed by atoms with van der Waals surface area (Å²) in [5.41, 5.74) is 5.42. The Labute approximate surface area is 226 Å². The summed E-state index contributed by atoms with van der Waals surface area (Å²) < 4.78 is 11.9. The molecule has 4 aromatic rings. The quantitative estimate of drug-likeness (QED) is 0.289. The van der Waals surface area contributed by atoms with Gasteiger partial charge in [-0.25, -0.2) is 4.79 Å². The predicted octanol–water partition coefficient (Wildman–Crippen LogP) is 6.59. The number of pyridine rings is 2. The lowest BCUT2D eigenvalue weighted by molar-refractivity contribution is -0.160. The molecule has 0 spiro atoms. The summed E-state index contributed by atoms with van der Waals surface area (Å²) in [6.07, 6.45) is 3.04. The summed E-state index contributed by atoms with van der Waals surface area (Å²) in [6.45, 7) is 8.51. The Bertz CT molecular complexity index is 1520. The van der Waals surface area contributed by atoms with Gasteiger partial charge in [0.2, 0.25) is 0 Å². The van der Waals surface area contributed by atoms with Gasteiger partial charge in [0.05, 0.1) is 21.8 Å². The lowest BCUT2D eigenvalue weighted by atomic mass is 9.89. The smallest absolute Gasteiger partial charge is 0.337 e. The van der Waals surface area contributed by atoms with E-state index in [9.17, 15) is 9.90 Å². The fourth-order valence-electron chi connectivity index (χ4n) is 4.87. The van der Waals surface area contributed by atoms with Crippen molar-refractivity contribution < 1.29 is 19.4 Å². The molecule has 0 saturated carbocycles. The first-order valence-electron chi connectivity index (χ1n) is 12.5. The SMILES string of the molecule is Cc1nc2cc(Cc3ccncc3)ccc2c(-c2ccc3c(c2Cl)NCCO3)c1[C@H](OC(C)(C)C)C(=O)O. The van der Waals surface area contributed by atoms with Crippen LogP contribution in [-0.2, 0) is 16.0 Å². The average Bonchev–Trinajstić information content (AvgIpc) is 2.87. The number of aliphatic carboxylic acids is 1. The molecule has 0 unspecified atom stereocenters. The van der Waals surface area contributed by atoms with E-state index in [2.05, 4.69) is 10.3 Å². The zero-order chi connectivity index (χ0) is 27.0. The first-order chi connectivity index (χ1) is 18.1. The summed E-state index contributed by atoms with van der Waals surface area (Å²) in [6, 6.07) is 13.8. The number of hydrogen-bond acceptors (Lipinski definition) is 6. The minimum atomic E-state index is -1.24. The van der Waals surface area contributed by atoms with E-state index in [1.807, 2.05) is 70.2 Å². The summed E-state index contributed by atoms with van der Waals surface area (Å²) in [7, 11) is 0. The van der Waals surface area contributed by atoms with Gasteiger partial charge in [-0.15, -0.1) is 0 Å². The van der Waals surface area contributed by atoms with E-state index in [0.717, 1.165) is 28.5 Å². The number of halogens is 1. The van der Waals surface area contributed by atoms with Crippen LogP contribution in [0.5, 0.6) is 5.75 Å². The molecule has 0 bridgehead atoms. The van der Waals surface area contributed by atoms with E-state index in [-0.39, 0.29) is 0 Å². The third-order valence-corrected chi connectivity index (χ3v) is 6.82. The largest absolute Gasteiger partial charge is 0.490 e. The second-order valence-corrected chi connectivity index (χ2v) is 10.8. The minimum Gasteiger partial charge on any atom is -0.490 e. The Balaban J connectivity index is 1.76. The highest BCUT2D eigenvalue weighted by molar-refractivity contribution is 6.37. The average molecular weight is 532 g/mol. The molecular weight excluding hydrogens is 502 g/mol. The molecular formula is C30H30ClN3O4. The third-order valence-electron chi connectivity index (χ3n) is 6.43. The van der Waals surface area contributed by atoms with E-state index in [1.165, 1.54) is 0 Å². The number of ether oxygens (including phenoxy) is 2. The molecule has 0 saturated heterocycles. The molecule has 0 radical (unpaired) electrons. The van der Waals surface area contributed by atoms with Crippen LogP contribution in [0.2, 0.25) is 5.02 Å². The standard InChI is InChI=1S/C30H30ClN3O4/c1-17-24(28(29(35)36)38-30(2,3)4)25(21-7-8-23-27(26(21)31)33-13-14-37-23)20-6-5-19(16-22(20)34-17)15-18-9-11-32-12-10-18/h5-12,16,28,33H,13-15H2,1-4H3,(H,35,36)/t28-/m0/s1. The first kappa shape index (κ1) is 25.9. The Kier molecular flexibility index (Phi) is 6.99. The van der Waals surface area contributed by atoms with Crippen LogP contribution in [0.1, 0.15) is 49.3 Å². The molecule has 8 heteroatoms. The van der Waals surface area contributed by atoms with Gasteiger partial charge in [0.15, 0.2) is 6.10 Å². The minimum absolute atomic E-state index is 0.469. The van der Waals surface area contributed by atoms with E-state index in [4.69, 9.17) is 26.1 Å². The lowest BCUT2D eigenvalue weighted by Gasteiger charge is -2.29. The maximum absolute atomic E-state index is 12.6. The van der Waals surface area contributed by atoms with Gasteiger partial charge in [-0.1, -0.05) is 23.7 Å². The van der Waals surface area contributed by atoms with Gasteiger partial charge in [0.1, 0.15) is 12.4 Å². The van der Waals surface area contributed by atoms with Crippen molar-refractivity contribution in [1.29, 1.82) is 0 Å². The van der Waals surface area contributed by atoms with Gasteiger partial charge >= 0.3 is 5.97 Å². The maximum Gasteiger partial charge on any atom is 0.337 e. The molecule has 2 aromatic carbocycles. The van der Waals surface area contributed by atoms with Gasteiger partial charge in [0.25, 0.3) is 0 Å². The number of hydrogen-bond donors (Lipinski definition) is 2. The molecule has 0 aliphatic carbocycles. The number of nitrogens with one attached hydrogen (secondary N) is 1. The molecule has 1 atom stereocenters. The lowest BCUT2D eigenvalue weighted by Crippen LogP contribution is -2.28. The number of aryl methyl sites for hydroxylation is 1. The Morgan fingerprint density at radius 1 is 1.16 bits per heavy atom. The maximum atomic E-state index is 12.6. The highest BCUT2D eigenvalue weighted by Gasteiger charge is 2.33. The van der Waals surface area contributed by atoms with Crippen molar-refractivity contribution in [3.05, 3.63) is 82.3 Å². The predicted molar refractivity (Wildman–Crippen MR) is 149 cm³/mol. The number of carboxylic acid groups (broad SMARTS) is 1. The van der Waals surface area contributed by atoms with Crippen molar-refractivity contribution in [3.8, 4) is 16.9 Å². The number of nitrogens with zero attached hydrogens (tertiary/aromatic N) is 2. The molecule has 0 amide bonds. The summed E-state index contributed by atoms with van der Waals surface area (Å²) in [5.74, 6) is -0.419. The van der Waals surface area contributed by atoms with Crippen LogP contribution in [0.25, 0.3) is 22.0 Å². The van der Waals surface area contributed by atoms with Crippen molar-refractivity contribution in [2.24, 2.45) is 0 Å². The third kappa shape index (κ3) is 5.17. The Morgan fingerprint density at radius 2 is 1.92 bits per heavy atom. The molecule has 1 aliphatic rings. The van der Waals surface area contributed by atoms with Crippen molar-refractivity contribution in [2.75, 3.05) is 18.5 Å². The number of rotatable bonds is 6. The zero-order valence-corrected chi connectivity index (χ0v) is 22.6. The Hall–Kier alpha value is -3.68. The van der Waals surface area contributed by atoms with E-state index in [0.29, 0.717) is 52.0 Å². The number of aromatic nitrogens is 2. The molecule has 2 N–H and O–H groups in total. The van der Waals surface area contributed by atoms with Crippen LogP contribution in [0, 0.1) is 6.92 Å². The fourth-order valence-corrected chi connectivity index (χ4v) is 5.18. The van der Waals surface area contributed by atoms with Crippen LogP contribution in [0.15, 0.2) is 54.9 Å². The second-order valence-electron chi connectivity index (χ2n) is 10.4. The number of benzene rings is 2. The highest BCUT2D eigenvalue weighted by atomic mass is 35.5. The van der Waals surface area contributed by atoms with Gasteiger partial charge in [-0.2, -0.15) is 0 Å².